The number of hydrogen-bond donors (Lipinski definition) is 1. The van der Waals surface area contributed by atoms with E-state index in [0.717, 1.165) is 5.56 Å². The zero-order valence-corrected chi connectivity index (χ0v) is 14.8. The number of nitrogens with one attached hydrogen (secondary N) is 1. The topological polar surface area (TPSA) is 108 Å². The van der Waals surface area contributed by atoms with Gasteiger partial charge in [0.2, 0.25) is 5.91 Å². The lowest BCUT2D eigenvalue weighted by Crippen LogP contribution is -2.36. The lowest BCUT2D eigenvalue weighted by Gasteiger charge is -2.17. The molecule has 2 heterocycles. The lowest BCUT2D eigenvalue weighted by molar-refractivity contribution is -0.123. The van der Waals surface area contributed by atoms with Gasteiger partial charge in [0.25, 0.3) is 5.56 Å². The molecule has 9 heteroatoms. The maximum atomic E-state index is 12.8. The third kappa shape index (κ3) is 3.50. The van der Waals surface area contributed by atoms with E-state index in [1.807, 2.05) is 36.4 Å². The Hall–Kier alpha value is -3.88. The molecule has 0 saturated carbocycles. The Kier molecular flexibility index (Phi) is 4.87. The molecule has 1 N–H and O–H groups in total. The second-order valence-electron chi connectivity index (χ2n) is 6.15. The number of rotatable bonds is 6. The van der Waals surface area contributed by atoms with Crippen molar-refractivity contribution >= 4 is 16.8 Å². The molecule has 0 bridgehead atoms. The minimum Gasteiger partial charge on any atom is -0.352 e. The maximum absolute atomic E-state index is 12.8. The molecule has 2 aromatic carbocycles. The summed E-state index contributed by atoms with van der Waals surface area (Å²) in [7, 11) is 0. The molecule has 0 radical (unpaired) electrons. The van der Waals surface area contributed by atoms with E-state index in [1.165, 1.54) is 21.9 Å². The molecular weight excluding hydrogens is 358 g/mol. The van der Waals surface area contributed by atoms with Crippen LogP contribution >= 0.6 is 0 Å². The van der Waals surface area contributed by atoms with Crippen molar-refractivity contribution in [2.45, 2.75) is 12.6 Å². The predicted octanol–water partition coefficient (Wildman–Crippen LogP) is 0.789. The first-order valence-electron chi connectivity index (χ1n) is 8.73. The smallest absolute Gasteiger partial charge is 0.261 e. The highest BCUT2D eigenvalue weighted by Gasteiger charge is 2.23. The van der Waals surface area contributed by atoms with Gasteiger partial charge in [-0.05, 0) is 28.1 Å². The summed E-state index contributed by atoms with van der Waals surface area (Å²) in [6.07, 6.45) is 2.89. The van der Waals surface area contributed by atoms with Crippen molar-refractivity contribution in [1.82, 2.24) is 35.1 Å². The van der Waals surface area contributed by atoms with E-state index in [-0.39, 0.29) is 18.0 Å². The Morgan fingerprint density at radius 1 is 1.04 bits per heavy atom. The molecule has 2 aromatic heterocycles. The Morgan fingerprint density at radius 2 is 1.82 bits per heavy atom. The minimum atomic E-state index is -0.692. The average molecular weight is 375 g/mol. The third-order valence-corrected chi connectivity index (χ3v) is 4.38. The SMILES string of the molecule is O=C(NCCn1cnc2ccccc2c1=O)[C@H](c1ccccc1)n1cnnn1. The number of tetrazole rings is 1. The molecule has 28 heavy (non-hydrogen) atoms. The van der Waals surface area contributed by atoms with Gasteiger partial charge in [0.15, 0.2) is 6.04 Å². The highest BCUT2D eigenvalue weighted by atomic mass is 16.2. The summed E-state index contributed by atoms with van der Waals surface area (Å²) in [4.78, 5) is 29.6. The van der Waals surface area contributed by atoms with E-state index in [4.69, 9.17) is 0 Å². The van der Waals surface area contributed by atoms with E-state index < -0.39 is 6.04 Å². The van der Waals surface area contributed by atoms with Crippen LogP contribution in [0, 0.1) is 0 Å². The molecule has 9 nitrogen and oxygen atoms in total. The Labute approximate surface area is 159 Å². The van der Waals surface area contributed by atoms with Gasteiger partial charge < -0.3 is 5.32 Å². The van der Waals surface area contributed by atoms with Crippen LogP contribution in [0.3, 0.4) is 0 Å². The Bertz CT molecular complexity index is 1140. The lowest BCUT2D eigenvalue weighted by atomic mass is 10.1. The molecule has 4 rings (SSSR count). The van der Waals surface area contributed by atoms with Crippen LogP contribution < -0.4 is 10.9 Å². The van der Waals surface area contributed by atoms with Gasteiger partial charge in [-0.2, -0.15) is 0 Å². The molecule has 0 aliphatic carbocycles. The van der Waals surface area contributed by atoms with Gasteiger partial charge in [-0.15, -0.1) is 5.10 Å². The van der Waals surface area contributed by atoms with Crippen molar-refractivity contribution in [2.24, 2.45) is 0 Å². The van der Waals surface area contributed by atoms with Crippen LogP contribution in [-0.2, 0) is 11.3 Å². The number of amides is 1. The maximum Gasteiger partial charge on any atom is 0.261 e. The number of nitrogens with zero attached hydrogens (tertiary/aromatic N) is 6. The molecule has 0 spiro atoms. The number of fused-ring (bicyclic) bond motifs is 1. The fourth-order valence-corrected chi connectivity index (χ4v) is 3.01. The van der Waals surface area contributed by atoms with Crippen LogP contribution in [0.2, 0.25) is 0 Å². The van der Waals surface area contributed by atoms with E-state index in [0.29, 0.717) is 17.4 Å². The largest absolute Gasteiger partial charge is 0.352 e. The van der Waals surface area contributed by atoms with E-state index >= 15 is 0 Å². The summed E-state index contributed by atoms with van der Waals surface area (Å²) in [5.41, 5.74) is 1.27. The van der Waals surface area contributed by atoms with Crippen LogP contribution in [0.5, 0.6) is 0 Å². The van der Waals surface area contributed by atoms with Crippen molar-refractivity contribution < 1.29 is 4.79 Å². The molecule has 1 amide bonds. The zero-order valence-electron chi connectivity index (χ0n) is 14.8. The first-order chi connectivity index (χ1) is 13.7. The van der Waals surface area contributed by atoms with Crippen LogP contribution in [0.1, 0.15) is 11.6 Å². The Balaban J connectivity index is 1.49. The first-order valence-corrected chi connectivity index (χ1v) is 8.73. The van der Waals surface area contributed by atoms with Gasteiger partial charge >= 0.3 is 0 Å². The fourth-order valence-electron chi connectivity index (χ4n) is 3.01. The summed E-state index contributed by atoms with van der Waals surface area (Å²) in [5, 5.41) is 14.5. The van der Waals surface area contributed by atoms with Crippen LogP contribution in [-0.4, -0.2) is 42.2 Å². The highest BCUT2D eigenvalue weighted by Crippen LogP contribution is 2.16. The predicted molar refractivity (Wildman–Crippen MR) is 101 cm³/mol. The number of para-hydroxylation sites is 1. The van der Waals surface area contributed by atoms with Crippen molar-refractivity contribution in [3.63, 3.8) is 0 Å². The monoisotopic (exact) mass is 375 g/mol. The van der Waals surface area contributed by atoms with Crippen molar-refractivity contribution in [1.29, 1.82) is 0 Å². The molecule has 4 aromatic rings. The van der Waals surface area contributed by atoms with E-state index in [1.54, 1.807) is 18.2 Å². The van der Waals surface area contributed by atoms with Crippen molar-refractivity contribution in [3.05, 3.63) is 83.2 Å². The molecule has 0 fully saturated rings. The van der Waals surface area contributed by atoms with Gasteiger partial charge in [0, 0.05) is 13.1 Å². The minimum absolute atomic E-state index is 0.139. The van der Waals surface area contributed by atoms with Gasteiger partial charge in [0.05, 0.1) is 17.2 Å². The standard InChI is InChI=1S/C19H17N7O2/c27-18(17(26-13-22-23-24-26)14-6-2-1-3-7-14)20-10-11-25-12-21-16-9-5-4-8-15(16)19(25)28/h1-9,12-13,17H,10-11H2,(H,20,27)/t17-/m0/s1. The van der Waals surface area contributed by atoms with E-state index in [2.05, 4.69) is 25.8 Å². The summed E-state index contributed by atoms with van der Waals surface area (Å²) >= 11 is 0. The van der Waals surface area contributed by atoms with Crippen LogP contribution in [0.4, 0.5) is 0 Å². The zero-order chi connectivity index (χ0) is 19.3. The second-order valence-corrected chi connectivity index (χ2v) is 6.15. The van der Waals surface area contributed by atoms with Gasteiger partial charge in [0.1, 0.15) is 6.33 Å². The van der Waals surface area contributed by atoms with Crippen molar-refractivity contribution in [2.75, 3.05) is 6.54 Å². The number of benzene rings is 2. The van der Waals surface area contributed by atoms with E-state index in [9.17, 15) is 9.59 Å². The number of hydrogen-bond acceptors (Lipinski definition) is 6. The molecule has 0 aliphatic heterocycles. The number of carbonyl (C=O) groups is 1. The number of aromatic nitrogens is 6. The van der Waals surface area contributed by atoms with Crippen LogP contribution in [0.25, 0.3) is 10.9 Å². The van der Waals surface area contributed by atoms with Crippen LogP contribution in [0.15, 0.2) is 72.0 Å². The Morgan fingerprint density at radius 3 is 2.61 bits per heavy atom. The summed E-state index contributed by atoms with van der Waals surface area (Å²) < 4.78 is 2.88. The summed E-state index contributed by atoms with van der Waals surface area (Å²) in [5.74, 6) is -0.264. The quantitative estimate of drug-likeness (QED) is 0.534. The third-order valence-electron chi connectivity index (χ3n) is 4.38. The highest BCUT2D eigenvalue weighted by molar-refractivity contribution is 5.83. The molecule has 140 valence electrons. The summed E-state index contributed by atoms with van der Waals surface area (Å²) in [6.45, 7) is 0.573. The normalized spacial score (nSPS) is 12.0. The first kappa shape index (κ1) is 17.5. The summed E-state index contributed by atoms with van der Waals surface area (Å²) in [6, 6.07) is 15.7. The van der Waals surface area contributed by atoms with Crippen molar-refractivity contribution in [3.8, 4) is 0 Å². The molecule has 0 unspecified atom stereocenters. The molecule has 0 aliphatic rings. The second kappa shape index (κ2) is 7.78. The molecule has 1 atom stereocenters. The molecular formula is C19H17N7O2. The van der Waals surface area contributed by atoms with Gasteiger partial charge in [-0.3, -0.25) is 14.2 Å². The van der Waals surface area contributed by atoms with Gasteiger partial charge in [-0.25, -0.2) is 9.67 Å². The molecule has 0 saturated heterocycles. The number of carbonyl (C=O) groups excluding carboxylic acids is 1. The van der Waals surface area contributed by atoms with Gasteiger partial charge in [-0.1, -0.05) is 42.5 Å². The fraction of sp³-hybridized carbons (Fsp3) is 0.158. The average Bonchev–Trinajstić information content (AvgIpc) is 3.25.